The van der Waals surface area contributed by atoms with Crippen molar-refractivity contribution >= 4 is 5.91 Å². The van der Waals surface area contributed by atoms with E-state index in [1.165, 1.54) is 30.5 Å². The standard InChI is InChI=1S/C24H25FN4O3/c1-3-31-22-14-21(26-15-23(22)32-19-7-5-18(25)6-8-19)24(30)29-12-10-17(11-13-29)20-9-4-16(2)27-28-20/h4-9,14-15,17H,3,10-13H2,1-2H3. The number of halogens is 1. The van der Waals surface area contributed by atoms with E-state index in [2.05, 4.69) is 15.2 Å². The molecule has 1 aliphatic heterocycles. The van der Waals surface area contributed by atoms with Crippen LogP contribution in [0.25, 0.3) is 0 Å². The average molecular weight is 436 g/mol. The van der Waals surface area contributed by atoms with Crippen LogP contribution in [0.15, 0.2) is 48.7 Å². The maximum Gasteiger partial charge on any atom is 0.272 e. The van der Waals surface area contributed by atoms with Crippen molar-refractivity contribution in [1.82, 2.24) is 20.1 Å². The first kappa shape index (κ1) is 21.7. The van der Waals surface area contributed by atoms with E-state index in [9.17, 15) is 9.18 Å². The Hall–Kier alpha value is -3.55. The molecule has 0 spiro atoms. The summed E-state index contributed by atoms with van der Waals surface area (Å²) in [5, 5.41) is 8.43. The molecule has 166 valence electrons. The van der Waals surface area contributed by atoms with Gasteiger partial charge in [0.15, 0.2) is 11.5 Å². The second-order valence-corrected chi connectivity index (χ2v) is 7.67. The molecule has 8 heteroatoms. The minimum Gasteiger partial charge on any atom is -0.490 e. The molecule has 0 unspecified atom stereocenters. The van der Waals surface area contributed by atoms with Gasteiger partial charge in [0.25, 0.3) is 5.91 Å². The van der Waals surface area contributed by atoms with Crippen LogP contribution in [0, 0.1) is 12.7 Å². The highest BCUT2D eigenvalue weighted by molar-refractivity contribution is 5.93. The van der Waals surface area contributed by atoms with Gasteiger partial charge in [0.2, 0.25) is 0 Å². The molecule has 0 saturated carbocycles. The van der Waals surface area contributed by atoms with Crippen LogP contribution in [0.1, 0.15) is 47.6 Å². The zero-order valence-corrected chi connectivity index (χ0v) is 18.1. The van der Waals surface area contributed by atoms with Gasteiger partial charge in [-0.3, -0.25) is 4.79 Å². The fourth-order valence-electron chi connectivity index (χ4n) is 3.68. The second-order valence-electron chi connectivity index (χ2n) is 7.67. The number of carbonyl (C=O) groups excluding carboxylic acids is 1. The van der Waals surface area contributed by atoms with Gasteiger partial charge in [0.05, 0.1) is 24.2 Å². The Morgan fingerprint density at radius 2 is 1.84 bits per heavy atom. The van der Waals surface area contributed by atoms with E-state index in [-0.39, 0.29) is 11.7 Å². The molecular weight excluding hydrogens is 411 g/mol. The number of ether oxygens (including phenoxy) is 2. The molecule has 1 amide bonds. The van der Waals surface area contributed by atoms with Crippen LogP contribution in [-0.2, 0) is 0 Å². The number of likely N-dealkylation sites (tertiary alicyclic amines) is 1. The lowest BCUT2D eigenvalue weighted by Crippen LogP contribution is -2.38. The van der Waals surface area contributed by atoms with Crippen molar-refractivity contribution in [2.45, 2.75) is 32.6 Å². The van der Waals surface area contributed by atoms with Crippen molar-refractivity contribution in [2.75, 3.05) is 19.7 Å². The summed E-state index contributed by atoms with van der Waals surface area (Å²) in [5.41, 5.74) is 2.17. The minimum atomic E-state index is -0.348. The molecular formula is C24H25FN4O3. The normalized spacial score (nSPS) is 14.3. The predicted molar refractivity (Wildman–Crippen MR) is 117 cm³/mol. The lowest BCUT2D eigenvalue weighted by molar-refractivity contribution is 0.0705. The van der Waals surface area contributed by atoms with E-state index in [1.807, 2.05) is 26.0 Å². The van der Waals surface area contributed by atoms with Crippen molar-refractivity contribution in [3.8, 4) is 17.2 Å². The van der Waals surface area contributed by atoms with Gasteiger partial charge in [0.1, 0.15) is 17.3 Å². The van der Waals surface area contributed by atoms with E-state index < -0.39 is 0 Å². The maximum atomic E-state index is 13.1. The smallest absolute Gasteiger partial charge is 0.272 e. The Balaban J connectivity index is 1.44. The number of benzene rings is 1. The quantitative estimate of drug-likeness (QED) is 0.565. The van der Waals surface area contributed by atoms with Crippen molar-refractivity contribution in [1.29, 1.82) is 0 Å². The first-order chi connectivity index (χ1) is 15.5. The van der Waals surface area contributed by atoms with Crippen molar-refractivity contribution in [3.63, 3.8) is 0 Å². The summed E-state index contributed by atoms with van der Waals surface area (Å²) in [6, 6.07) is 11.2. The molecule has 1 fully saturated rings. The van der Waals surface area contributed by atoms with Gasteiger partial charge in [-0.15, -0.1) is 0 Å². The van der Waals surface area contributed by atoms with Crippen molar-refractivity contribution in [2.24, 2.45) is 0 Å². The SMILES string of the molecule is CCOc1cc(C(=O)N2CCC(c3ccc(C)nn3)CC2)ncc1Oc1ccc(F)cc1. The summed E-state index contributed by atoms with van der Waals surface area (Å²) < 4.78 is 24.6. The summed E-state index contributed by atoms with van der Waals surface area (Å²) >= 11 is 0. The third kappa shape index (κ3) is 5.01. The van der Waals surface area contributed by atoms with E-state index in [0.29, 0.717) is 48.6 Å². The maximum absolute atomic E-state index is 13.1. The number of carbonyl (C=O) groups is 1. The number of pyridine rings is 1. The summed E-state index contributed by atoms with van der Waals surface area (Å²) in [6.45, 7) is 5.41. The summed E-state index contributed by atoms with van der Waals surface area (Å²) in [4.78, 5) is 19.2. The van der Waals surface area contributed by atoms with Crippen LogP contribution >= 0.6 is 0 Å². The fourth-order valence-corrected chi connectivity index (χ4v) is 3.68. The molecule has 1 aromatic carbocycles. The third-order valence-electron chi connectivity index (χ3n) is 5.41. The monoisotopic (exact) mass is 436 g/mol. The van der Waals surface area contributed by atoms with Crippen molar-refractivity contribution in [3.05, 3.63) is 71.6 Å². The van der Waals surface area contributed by atoms with Gasteiger partial charge in [-0.05, 0) is 63.1 Å². The van der Waals surface area contributed by atoms with E-state index >= 15 is 0 Å². The highest BCUT2D eigenvalue weighted by Gasteiger charge is 2.27. The number of nitrogens with zero attached hydrogens (tertiary/aromatic N) is 4. The van der Waals surface area contributed by atoms with Crippen LogP contribution in [0.4, 0.5) is 4.39 Å². The predicted octanol–water partition coefficient (Wildman–Crippen LogP) is 4.53. The molecule has 32 heavy (non-hydrogen) atoms. The highest BCUT2D eigenvalue weighted by Crippen LogP contribution is 2.33. The van der Waals surface area contributed by atoms with Gasteiger partial charge < -0.3 is 14.4 Å². The molecule has 0 bridgehead atoms. The largest absolute Gasteiger partial charge is 0.490 e. The van der Waals surface area contributed by atoms with Gasteiger partial charge in [-0.1, -0.05) is 0 Å². The molecule has 0 aliphatic carbocycles. The first-order valence-electron chi connectivity index (χ1n) is 10.7. The highest BCUT2D eigenvalue weighted by atomic mass is 19.1. The molecule has 0 N–H and O–H groups in total. The van der Waals surface area contributed by atoms with Gasteiger partial charge in [-0.2, -0.15) is 10.2 Å². The lowest BCUT2D eigenvalue weighted by atomic mass is 9.93. The third-order valence-corrected chi connectivity index (χ3v) is 5.41. The number of hydrogen-bond donors (Lipinski definition) is 0. The summed E-state index contributed by atoms with van der Waals surface area (Å²) in [6.07, 6.45) is 3.12. The number of amides is 1. The topological polar surface area (TPSA) is 77.4 Å². The van der Waals surface area contributed by atoms with Crippen molar-refractivity contribution < 1.29 is 18.7 Å². The number of aryl methyl sites for hydroxylation is 1. The van der Waals surface area contributed by atoms with Crippen LogP contribution < -0.4 is 9.47 Å². The first-order valence-corrected chi connectivity index (χ1v) is 10.7. The minimum absolute atomic E-state index is 0.146. The molecule has 7 nitrogen and oxygen atoms in total. The van der Waals surface area contributed by atoms with Crippen LogP contribution in [0.5, 0.6) is 17.2 Å². The average Bonchev–Trinajstić information content (AvgIpc) is 2.82. The molecule has 1 saturated heterocycles. The summed E-state index contributed by atoms with van der Waals surface area (Å²) in [7, 11) is 0. The Bertz CT molecular complexity index is 1070. The van der Waals surface area contributed by atoms with Crippen LogP contribution in [0.2, 0.25) is 0 Å². The molecule has 1 aliphatic rings. The number of aromatic nitrogens is 3. The molecule has 3 aromatic rings. The van der Waals surface area contributed by atoms with Gasteiger partial charge >= 0.3 is 0 Å². The Labute approximate surface area is 186 Å². The van der Waals surface area contributed by atoms with Crippen LogP contribution in [-0.4, -0.2) is 45.7 Å². The lowest BCUT2D eigenvalue weighted by Gasteiger charge is -2.31. The molecule has 3 heterocycles. The fraction of sp³-hybridized carbons (Fsp3) is 0.333. The number of rotatable bonds is 6. The molecule has 4 rings (SSSR count). The zero-order chi connectivity index (χ0) is 22.5. The summed E-state index contributed by atoms with van der Waals surface area (Å²) in [5.74, 6) is 1.04. The van der Waals surface area contributed by atoms with Crippen LogP contribution in [0.3, 0.4) is 0 Å². The molecule has 0 atom stereocenters. The Kier molecular flexibility index (Phi) is 6.58. The van der Waals surface area contributed by atoms with E-state index in [4.69, 9.17) is 9.47 Å². The number of hydrogen-bond acceptors (Lipinski definition) is 6. The van der Waals surface area contributed by atoms with Gasteiger partial charge in [0, 0.05) is 25.1 Å². The van der Waals surface area contributed by atoms with E-state index in [1.54, 1.807) is 11.0 Å². The second kappa shape index (κ2) is 9.72. The van der Waals surface area contributed by atoms with Gasteiger partial charge in [-0.25, -0.2) is 9.37 Å². The Morgan fingerprint density at radius 3 is 2.50 bits per heavy atom. The Morgan fingerprint density at radius 1 is 1.09 bits per heavy atom. The molecule has 2 aromatic heterocycles. The number of piperidine rings is 1. The zero-order valence-electron chi connectivity index (χ0n) is 18.1. The molecule has 0 radical (unpaired) electrons. The van der Waals surface area contributed by atoms with E-state index in [0.717, 1.165) is 24.2 Å².